The monoisotopic (exact) mass is 330 g/mol. The first-order valence-electron chi connectivity index (χ1n) is 6.87. The summed E-state index contributed by atoms with van der Waals surface area (Å²) in [4.78, 5) is 14.4. The van der Waals surface area contributed by atoms with E-state index in [1.54, 1.807) is 6.07 Å². The topological polar surface area (TPSA) is 37.8 Å². The van der Waals surface area contributed by atoms with Crippen LogP contribution in [0.4, 0.5) is 0 Å². The number of rotatable bonds is 3. The van der Waals surface area contributed by atoms with Crippen LogP contribution in [0.5, 0.6) is 0 Å². The zero-order valence-electron chi connectivity index (χ0n) is 12.3. The number of para-hydroxylation sites is 1. The van der Waals surface area contributed by atoms with E-state index in [0.717, 1.165) is 10.6 Å². The van der Waals surface area contributed by atoms with Gasteiger partial charge >= 0.3 is 0 Å². The largest absolute Gasteiger partial charge is 0.294 e. The van der Waals surface area contributed by atoms with Gasteiger partial charge in [0.25, 0.3) is 5.56 Å². The van der Waals surface area contributed by atoms with Gasteiger partial charge in [0.2, 0.25) is 0 Å². The molecular weight excluding hydrogens is 316 g/mol. The van der Waals surface area contributed by atoms with Gasteiger partial charge in [-0.2, -0.15) is 0 Å². The maximum absolute atomic E-state index is 12.7. The van der Waals surface area contributed by atoms with E-state index in [9.17, 15) is 4.79 Å². The molecule has 0 atom stereocenters. The minimum atomic E-state index is -0.0869. The maximum atomic E-state index is 12.7. The lowest BCUT2D eigenvalue weighted by Gasteiger charge is -2.03. The molecule has 0 bridgehead atoms. The molecule has 0 aliphatic heterocycles. The zero-order chi connectivity index (χ0) is 15.7. The normalized spacial score (nSPS) is 10.9. The fourth-order valence-electron chi connectivity index (χ4n) is 2.18. The van der Waals surface area contributed by atoms with Crippen LogP contribution >= 0.6 is 23.4 Å². The summed E-state index contributed by atoms with van der Waals surface area (Å²) in [5.74, 6) is 0. The number of aromatic amines is 1. The fraction of sp³-hybridized carbons (Fsp3) is 0.118. The van der Waals surface area contributed by atoms with Gasteiger partial charge in [-0.15, -0.1) is 0 Å². The van der Waals surface area contributed by atoms with Crippen molar-refractivity contribution in [3.8, 4) is 5.69 Å². The zero-order valence-corrected chi connectivity index (χ0v) is 13.8. The number of H-pyrrole nitrogens is 1. The summed E-state index contributed by atoms with van der Waals surface area (Å²) < 4.78 is 1.49. The predicted octanol–water partition coefficient (Wildman–Crippen LogP) is 4.59. The molecule has 1 heterocycles. The lowest BCUT2D eigenvalue weighted by atomic mass is 10.2. The van der Waals surface area contributed by atoms with Gasteiger partial charge in [0, 0.05) is 10.6 Å². The molecule has 0 radical (unpaired) electrons. The summed E-state index contributed by atoms with van der Waals surface area (Å²) in [6, 6.07) is 15.4. The number of aryl methyl sites for hydroxylation is 2. The van der Waals surface area contributed by atoms with Crippen molar-refractivity contribution in [1.29, 1.82) is 0 Å². The molecule has 0 saturated heterocycles. The first-order valence-corrected chi connectivity index (χ1v) is 8.07. The van der Waals surface area contributed by atoms with Gasteiger partial charge in [-0.05, 0) is 38.1 Å². The van der Waals surface area contributed by atoms with E-state index < -0.39 is 0 Å². The third-order valence-electron chi connectivity index (χ3n) is 3.35. The van der Waals surface area contributed by atoms with Crippen molar-refractivity contribution in [1.82, 2.24) is 9.78 Å². The van der Waals surface area contributed by atoms with Gasteiger partial charge in [-0.25, -0.2) is 4.68 Å². The van der Waals surface area contributed by atoms with E-state index in [0.29, 0.717) is 15.6 Å². The van der Waals surface area contributed by atoms with Crippen molar-refractivity contribution >= 4 is 23.4 Å². The average molecular weight is 331 g/mol. The molecule has 5 heteroatoms. The van der Waals surface area contributed by atoms with Crippen LogP contribution < -0.4 is 5.56 Å². The number of halogens is 1. The Bertz CT molecular complexity index is 865. The third kappa shape index (κ3) is 2.85. The van der Waals surface area contributed by atoms with Crippen LogP contribution in [-0.2, 0) is 0 Å². The van der Waals surface area contributed by atoms with Gasteiger partial charge in [-0.1, -0.05) is 53.2 Å². The van der Waals surface area contributed by atoms with Gasteiger partial charge in [0.15, 0.2) is 0 Å². The molecular formula is C17H15ClN2OS. The quantitative estimate of drug-likeness (QED) is 0.762. The number of benzene rings is 2. The van der Waals surface area contributed by atoms with Crippen LogP contribution in [-0.4, -0.2) is 9.78 Å². The molecule has 0 amide bonds. The molecule has 0 spiro atoms. The number of nitrogens with zero attached hydrogens (tertiary/aromatic N) is 1. The van der Waals surface area contributed by atoms with Gasteiger partial charge in [0.1, 0.15) is 0 Å². The van der Waals surface area contributed by atoms with Gasteiger partial charge in [0.05, 0.1) is 15.6 Å². The molecule has 1 aromatic heterocycles. The molecule has 3 nitrogen and oxygen atoms in total. The second-order valence-corrected chi connectivity index (χ2v) is 6.56. The molecule has 3 aromatic rings. The summed E-state index contributed by atoms with van der Waals surface area (Å²) in [5.41, 5.74) is 2.60. The Morgan fingerprint density at radius 2 is 1.73 bits per heavy atom. The Labute approximate surface area is 137 Å². The number of hydrogen-bond acceptors (Lipinski definition) is 2. The highest BCUT2D eigenvalue weighted by molar-refractivity contribution is 7.99. The summed E-state index contributed by atoms with van der Waals surface area (Å²) >= 11 is 7.65. The smallest absolute Gasteiger partial charge is 0.285 e. The van der Waals surface area contributed by atoms with E-state index in [1.165, 1.54) is 22.0 Å². The van der Waals surface area contributed by atoms with Crippen molar-refractivity contribution in [2.45, 2.75) is 23.6 Å². The van der Waals surface area contributed by atoms with Crippen LogP contribution in [0.3, 0.4) is 0 Å². The molecule has 0 unspecified atom stereocenters. The molecule has 112 valence electrons. The van der Waals surface area contributed by atoms with Gasteiger partial charge < -0.3 is 0 Å². The molecule has 0 fully saturated rings. The SMILES string of the molecule is Cc1ccc(Sc2c(C)[nH]n(-c3ccccc3Cl)c2=O)cc1. The molecule has 0 aliphatic rings. The Balaban J connectivity index is 2.02. The Morgan fingerprint density at radius 1 is 1.05 bits per heavy atom. The Kier molecular flexibility index (Phi) is 4.14. The van der Waals surface area contributed by atoms with Gasteiger partial charge in [-0.3, -0.25) is 9.89 Å². The molecule has 0 aliphatic carbocycles. The highest BCUT2D eigenvalue weighted by Crippen LogP contribution is 2.28. The van der Waals surface area contributed by atoms with Crippen molar-refractivity contribution in [3.63, 3.8) is 0 Å². The first-order chi connectivity index (χ1) is 10.6. The minimum Gasteiger partial charge on any atom is -0.294 e. The highest BCUT2D eigenvalue weighted by atomic mass is 35.5. The second-order valence-electron chi connectivity index (χ2n) is 5.07. The summed E-state index contributed by atoms with van der Waals surface area (Å²) in [5, 5.41) is 3.64. The molecule has 2 aromatic carbocycles. The molecule has 3 rings (SSSR count). The molecule has 22 heavy (non-hydrogen) atoms. The van der Waals surface area contributed by atoms with E-state index in [1.807, 2.05) is 56.3 Å². The second kappa shape index (κ2) is 6.07. The van der Waals surface area contributed by atoms with Crippen LogP contribution in [0.15, 0.2) is 63.1 Å². The molecule has 0 saturated carbocycles. The van der Waals surface area contributed by atoms with E-state index in [4.69, 9.17) is 11.6 Å². The lowest BCUT2D eigenvalue weighted by Crippen LogP contribution is -2.15. The summed E-state index contributed by atoms with van der Waals surface area (Å²) in [6.45, 7) is 3.94. The van der Waals surface area contributed by atoms with E-state index in [2.05, 4.69) is 5.10 Å². The van der Waals surface area contributed by atoms with Crippen LogP contribution in [0.2, 0.25) is 5.02 Å². The third-order valence-corrected chi connectivity index (χ3v) is 4.86. The average Bonchev–Trinajstić information content (AvgIpc) is 2.78. The van der Waals surface area contributed by atoms with Crippen molar-refractivity contribution in [2.75, 3.05) is 0 Å². The first kappa shape index (κ1) is 15.0. The minimum absolute atomic E-state index is 0.0869. The maximum Gasteiger partial charge on any atom is 0.285 e. The fourth-order valence-corrected chi connectivity index (χ4v) is 3.28. The Morgan fingerprint density at radius 3 is 2.41 bits per heavy atom. The number of nitrogens with one attached hydrogen (secondary N) is 1. The Hall–Kier alpha value is -1.91. The highest BCUT2D eigenvalue weighted by Gasteiger charge is 2.15. The van der Waals surface area contributed by atoms with Crippen molar-refractivity contribution in [2.24, 2.45) is 0 Å². The van der Waals surface area contributed by atoms with Crippen LogP contribution in [0.1, 0.15) is 11.3 Å². The van der Waals surface area contributed by atoms with Crippen LogP contribution in [0, 0.1) is 13.8 Å². The number of aromatic nitrogens is 2. The van der Waals surface area contributed by atoms with Crippen molar-refractivity contribution < 1.29 is 0 Å². The predicted molar refractivity (Wildman–Crippen MR) is 91.4 cm³/mol. The summed E-state index contributed by atoms with van der Waals surface area (Å²) in [7, 11) is 0. The van der Waals surface area contributed by atoms with Crippen LogP contribution in [0.25, 0.3) is 5.69 Å². The number of hydrogen-bond donors (Lipinski definition) is 1. The van der Waals surface area contributed by atoms with E-state index in [-0.39, 0.29) is 5.56 Å². The summed E-state index contributed by atoms with van der Waals surface area (Å²) in [6.07, 6.45) is 0. The van der Waals surface area contributed by atoms with E-state index >= 15 is 0 Å². The van der Waals surface area contributed by atoms with Crippen molar-refractivity contribution in [3.05, 3.63) is 75.2 Å². The lowest BCUT2D eigenvalue weighted by molar-refractivity contribution is 0.834. The standard InChI is InChI=1S/C17H15ClN2OS/c1-11-7-9-13(10-8-11)22-16-12(2)19-20(17(16)21)15-6-4-3-5-14(15)18/h3-10,19H,1-2H3. The molecule has 1 N–H and O–H groups in total.